The minimum atomic E-state index is -0.752. The van der Waals surface area contributed by atoms with Crippen molar-refractivity contribution in [1.82, 2.24) is 4.90 Å². The average molecular weight is 302 g/mol. The van der Waals surface area contributed by atoms with Crippen molar-refractivity contribution in [2.75, 3.05) is 18.4 Å². The number of aryl methyl sites for hydroxylation is 2. The summed E-state index contributed by atoms with van der Waals surface area (Å²) in [6.45, 7) is 4.78. The zero-order chi connectivity index (χ0) is 15.9. The number of hydrogen-bond acceptors (Lipinski definition) is 2. The van der Waals surface area contributed by atoms with Gasteiger partial charge < -0.3 is 15.3 Å². The van der Waals surface area contributed by atoms with Crippen LogP contribution in [0.5, 0.6) is 0 Å². The summed E-state index contributed by atoms with van der Waals surface area (Å²) in [5, 5.41) is 12.6. The molecule has 3 rings (SSSR count). The lowest BCUT2D eigenvalue weighted by atomic mass is 9.81. The van der Waals surface area contributed by atoms with Gasteiger partial charge in [-0.2, -0.15) is 0 Å². The lowest BCUT2D eigenvalue weighted by molar-refractivity contribution is -0.149. The van der Waals surface area contributed by atoms with E-state index in [0.717, 1.165) is 29.7 Å². The molecule has 0 spiro atoms. The molecule has 1 saturated heterocycles. The zero-order valence-corrected chi connectivity index (χ0v) is 13.1. The topological polar surface area (TPSA) is 69.6 Å². The lowest BCUT2D eigenvalue weighted by Crippen LogP contribution is -2.38. The minimum Gasteiger partial charge on any atom is -0.481 e. The fourth-order valence-electron chi connectivity index (χ4n) is 3.99. The third-order valence-corrected chi connectivity index (χ3v) is 5.30. The van der Waals surface area contributed by atoms with Crippen LogP contribution < -0.4 is 5.32 Å². The van der Waals surface area contributed by atoms with Crippen LogP contribution in [0.1, 0.15) is 30.4 Å². The molecule has 1 aliphatic heterocycles. The van der Waals surface area contributed by atoms with Gasteiger partial charge in [0.05, 0.1) is 5.41 Å². The first kappa shape index (κ1) is 14.9. The Morgan fingerprint density at radius 2 is 2.00 bits per heavy atom. The predicted octanol–water partition coefficient (Wildman–Crippen LogP) is 3.02. The molecule has 0 radical (unpaired) electrons. The Labute approximate surface area is 130 Å². The fraction of sp³-hybridized carbons (Fsp3) is 0.529. The number of nitrogens with zero attached hydrogens (tertiary/aromatic N) is 1. The Hall–Kier alpha value is -2.04. The highest BCUT2D eigenvalue weighted by Gasteiger charge is 2.55. The second-order valence-electron chi connectivity index (χ2n) is 6.63. The van der Waals surface area contributed by atoms with Gasteiger partial charge >= 0.3 is 12.0 Å². The molecule has 118 valence electrons. The summed E-state index contributed by atoms with van der Waals surface area (Å²) in [4.78, 5) is 25.9. The molecule has 0 bridgehead atoms. The number of amides is 2. The monoisotopic (exact) mass is 302 g/mol. The van der Waals surface area contributed by atoms with Gasteiger partial charge in [-0.25, -0.2) is 4.79 Å². The number of anilines is 1. The quantitative estimate of drug-likeness (QED) is 0.882. The number of benzene rings is 1. The number of rotatable bonds is 2. The van der Waals surface area contributed by atoms with Crippen molar-refractivity contribution >= 4 is 17.7 Å². The van der Waals surface area contributed by atoms with Crippen molar-refractivity contribution in [1.29, 1.82) is 0 Å². The maximum absolute atomic E-state index is 12.5. The second-order valence-corrected chi connectivity index (χ2v) is 6.63. The van der Waals surface area contributed by atoms with Crippen molar-refractivity contribution in [3.8, 4) is 0 Å². The van der Waals surface area contributed by atoms with Crippen molar-refractivity contribution in [3.05, 3.63) is 29.3 Å². The summed E-state index contributed by atoms with van der Waals surface area (Å²) >= 11 is 0. The Kier molecular flexibility index (Phi) is 3.59. The minimum absolute atomic E-state index is 0.0914. The van der Waals surface area contributed by atoms with Crippen LogP contribution in [0.15, 0.2) is 18.2 Å². The number of likely N-dealkylation sites (tertiary alicyclic amines) is 1. The molecule has 0 unspecified atom stereocenters. The second kappa shape index (κ2) is 5.30. The van der Waals surface area contributed by atoms with Gasteiger partial charge in [-0.05, 0) is 43.7 Å². The summed E-state index contributed by atoms with van der Waals surface area (Å²) < 4.78 is 0. The van der Waals surface area contributed by atoms with Crippen LogP contribution in [-0.4, -0.2) is 35.1 Å². The predicted molar refractivity (Wildman–Crippen MR) is 83.9 cm³/mol. The number of carboxylic acid groups (broad SMARTS) is 1. The first-order valence-electron chi connectivity index (χ1n) is 7.79. The fourth-order valence-corrected chi connectivity index (χ4v) is 3.99. The van der Waals surface area contributed by atoms with Crippen molar-refractivity contribution in [2.45, 2.75) is 33.1 Å². The Morgan fingerprint density at radius 1 is 1.32 bits per heavy atom. The highest BCUT2D eigenvalue weighted by atomic mass is 16.4. The number of carbonyl (C=O) groups is 2. The van der Waals surface area contributed by atoms with E-state index in [2.05, 4.69) is 5.32 Å². The Balaban J connectivity index is 1.76. The van der Waals surface area contributed by atoms with Crippen molar-refractivity contribution in [3.63, 3.8) is 0 Å². The Bertz CT molecular complexity index is 608. The van der Waals surface area contributed by atoms with Crippen LogP contribution in [0.4, 0.5) is 10.5 Å². The largest absolute Gasteiger partial charge is 0.481 e. The van der Waals surface area contributed by atoms with E-state index in [-0.39, 0.29) is 11.9 Å². The highest BCUT2D eigenvalue weighted by molar-refractivity contribution is 5.92. The molecule has 22 heavy (non-hydrogen) atoms. The number of hydrogen-bond donors (Lipinski definition) is 2. The first-order valence-corrected chi connectivity index (χ1v) is 7.79. The van der Waals surface area contributed by atoms with Crippen LogP contribution in [-0.2, 0) is 4.79 Å². The molecule has 1 heterocycles. The van der Waals surface area contributed by atoms with E-state index in [0.29, 0.717) is 19.5 Å². The van der Waals surface area contributed by atoms with Crippen molar-refractivity contribution < 1.29 is 14.7 Å². The molecule has 1 aromatic carbocycles. The summed E-state index contributed by atoms with van der Waals surface area (Å²) in [6.07, 6.45) is 2.53. The van der Waals surface area contributed by atoms with Gasteiger partial charge in [0, 0.05) is 18.8 Å². The molecule has 2 aliphatic rings. The molecule has 2 fully saturated rings. The van der Waals surface area contributed by atoms with Crippen LogP contribution >= 0.6 is 0 Å². The van der Waals surface area contributed by atoms with Gasteiger partial charge in [0.25, 0.3) is 0 Å². The molecule has 5 heteroatoms. The van der Waals surface area contributed by atoms with Crippen LogP contribution in [0.2, 0.25) is 0 Å². The maximum atomic E-state index is 12.5. The number of nitrogens with one attached hydrogen (secondary N) is 1. The SMILES string of the molecule is Cc1cccc(C)c1NC(=O)N1C[C@@H]2CCC[C@@]2(C(=O)O)C1. The van der Waals surface area contributed by atoms with Gasteiger partial charge in [-0.3, -0.25) is 4.79 Å². The van der Waals surface area contributed by atoms with Gasteiger partial charge in [0.1, 0.15) is 0 Å². The molecule has 5 nitrogen and oxygen atoms in total. The zero-order valence-electron chi connectivity index (χ0n) is 13.1. The van der Waals surface area contributed by atoms with Crippen LogP contribution in [0.25, 0.3) is 0 Å². The number of carbonyl (C=O) groups excluding carboxylic acids is 1. The van der Waals surface area contributed by atoms with Crippen molar-refractivity contribution in [2.24, 2.45) is 11.3 Å². The van der Waals surface area contributed by atoms with E-state index in [1.165, 1.54) is 0 Å². The maximum Gasteiger partial charge on any atom is 0.321 e. The number of para-hydroxylation sites is 1. The molecule has 0 aromatic heterocycles. The van der Waals surface area contributed by atoms with E-state index < -0.39 is 11.4 Å². The molecule has 1 aliphatic carbocycles. The summed E-state index contributed by atoms with van der Waals surface area (Å²) in [6, 6.07) is 5.69. The van der Waals surface area contributed by atoms with E-state index in [4.69, 9.17) is 0 Å². The summed E-state index contributed by atoms with van der Waals surface area (Å²) in [7, 11) is 0. The average Bonchev–Trinajstić information content (AvgIpc) is 3.00. The summed E-state index contributed by atoms with van der Waals surface area (Å²) in [5.74, 6) is -0.661. The number of carboxylic acids is 1. The number of aliphatic carboxylic acids is 1. The highest BCUT2D eigenvalue weighted by Crippen LogP contribution is 2.48. The van der Waals surface area contributed by atoms with E-state index >= 15 is 0 Å². The van der Waals surface area contributed by atoms with E-state index in [1.54, 1.807) is 4.90 Å². The van der Waals surface area contributed by atoms with E-state index in [1.807, 2.05) is 32.0 Å². The molecule has 2 amide bonds. The molecular formula is C17H22N2O3. The van der Waals surface area contributed by atoms with Gasteiger partial charge in [-0.1, -0.05) is 24.6 Å². The van der Waals surface area contributed by atoms with Gasteiger partial charge in [0.2, 0.25) is 0 Å². The number of urea groups is 1. The third-order valence-electron chi connectivity index (χ3n) is 5.30. The number of fused-ring (bicyclic) bond motifs is 1. The third kappa shape index (κ3) is 2.25. The standard InChI is InChI=1S/C17H22N2O3/c1-11-5-3-6-12(2)14(11)18-16(22)19-9-13-7-4-8-17(13,10-19)15(20)21/h3,5-6,13H,4,7-10H2,1-2H3,(H,18,22)(H,20,21)/t13-,17+/m0/s1. The van der Waals surface area contributed by atoms with E-state index in [9.17, 15) is 14.7 Å². The molecule has 1 aromatic rings. The van der Waals surface area contributed by atoms with Gasteiger partial charge in [-0.15, -0.1) is 0 Å². The summed E-state index contributed by atoms with van der Waals surface area (Å²) in [5.41, 5.74) is 2.13. The molecule has 2 N–H and O–H groups in total. The molecule has 2 atom stereocenters. The first-order chi connectivity index (χ1) is 10.4. The van der Waals surface area contributed by atoms with Crippen LogP contribution in [0, 0.1) is 25.2 Å². The lowest BCUT2D eigenvalue weighted by Gasteiger charge is -2.23. The normalized spacial score (nSPS) is 26.8. The smallest absolute Gasteiger partial charge is 0.321 e. The van der Waals surface area contributed by atoms with Gasteiger partial charge in [0.15, 0.2) is 0 Å². The molecule has 1 saturated carbocycles. The molecular weight excluding hydrogens is 280 g/mol. The van der Waals surface area contributed by atoms with Crippen LogP contribution in [0.3, 0.4) is 0 Å². The Morgan fingerprint density at radius 3 is 2.59 bits per heavy atom.